The molecule has 4 aliphatic carbocycles. The maximum Gasteiger partial charge on any atom is 1.00 e. The van der Waals surface area contributed by atoms with E-state index in [1.165, 1.54) is 22.3 Å². The van der Waals surface area contributed by atoms with Gasteiger partial charge in [-0.05, 0) is 0 Å². The molecule has 0 aliphatic heterocycles. The van der Waals surface area contributed by atoms with Gasteiger partial charge in [0, 0.05) is 0 Å². The van der Waals surface area contributed by atoms with E-state index >= 15 is 0 Å². The molecule has 6 rings (SSSR count). The van der Waals surface area contributed by atoms with Crippen LogP contribution in [0.2, 0.25) is 0 Å². The van der Waals surface area contributed by atoms with Gasteiger partial charge in [-0.2, -0.15) is 70.8 Å². The van der Waals surface area contributed by atoms with Gasteiger partial charge in [0.25, 0.3) is 0 Å². The summed E-state index contributed by atoms with van der Waals surface area (Å²) in [6.07, 6.45) is 4.33. The number of aryl methyl sites for hydroxylation is 4. The van der Waals surface area contributed by atoms with Crippen molar-refractivity contribution in [2.75, 3.05) is 0 Å². The Hall–Kier alpha value is -0.365. The molecule has 18 heavy (non-hydrogen) atoms. The molecule has 0 fully saturated rings. The van der Waals surface area contributed by atoms with E-state index in [4.69, 9.17) is 0 Å². The Morgan fingerprint density at radius 3 is 1.39 bits per heavy atom. The van der Waals surface area contributed by atoms with Crippen molar-refractivity contribution in [1.82, 2.24) is 0 Å². The summed E-state index contributed by atoms with van der Waals surface area (Å²) in [4.78, 5) is 0. The quantitative estimate of drug-likeness (QED) is 0.332. The Bertz CT molecular complexity index is 378. The topological polar surface area (TPSA) is 0 Å². The number of rotatable bonds is 0. The Morgan fingerprint density at radius 2 is 1.06 bits per heavy atom. The molecule has 2 heteroatoms. The van der Waals surface area contributed by atoms with Crippen molar-refractivity contribution in [2.24, 2.45) is 0 Å². The third kappa shape index (κ3) is 3.81. The average Bonchev–Trinajstić information content (AvgIpc) is 2.33. The molecule has 0 spiro atoms. The van der Waals surface area contributed by atoms with E-state index in [1.54, 1.807) is 0 Å². The van der Waals surface area contributed by atoms with Crippen molar-refractivity contribution in [1.29, 1.82) is 0 Å². The fourth-order valence-corrected chi connectivity index (χ4v) is 2.16. The third-order valence-electron chi connectivity index (χ3n) is 3.25. The van der Waals surface area contributed by atoms with Crippen LogP contribution < -0.4 is 37.7 Å². The summed E-state index contributed by atoms with van der Waals surface area (Å²) in [5.74, 6) is 0. The molecule has 2 aromatic carbocycles. The molecule has 4 aliphatic rings. The summed E-state index contributed by atoms with van der Waals surface area (Å²) in [6.45, 7) is 0. The normalized spacial score (nSPS) is 12.9. The Balaban J connectivity index is 0.000000810. The standard InChI is InChI=1S/C16H14.2Li/c1-2-14-4-3-13(1)9-10-15-5-7-16(8-6-15)12-11-14;;/h1-3,5,7-8H,9-12H2;;/q-2;2*+1. The number of hydrogen-bond donors (Lipinski definition) is 0. The third-order valence-corrected chi connectivity index (χ3v) is 3.25. The average molecular weight is 220 g/mol. The first-order valence-corrected chi connectivity index (χ1v) is 5.89. The van der Waals surface area contributed by atoms with Crippen molar-refractivity contribution in [3.05, 3.63) is 70.8 Å². The summed E-state index contributed by atoms with van der Waals surface area (Å²) >= 11 is 0. The molecule has 0 atom stereocenters. The van der Waals surface area contributed by atoms with Gasteiger partial charge in [-0.3, -0.25) is 0 Å². The second-order valence-electron chi connectivity index (χ2n) is 4.44. The second kappa shape index (κ2) is 7.28. The summed E-state index contributed by atoms with van der Waals surface area (Å²) < 4.78 is 0. The van der Waals surface area contributed by atoms with Gasteiger partial charge in [0.1, 0.15) is 0 Å². The Labute approximate surface area is 134 Å². The minimum Gasteiger partial charge on any atom is -0.180 e. The molecule has 0 saturated carbocycles. The van der Waals surface area contributed by atoms with Crippen molar-refractivity contribution in [2.45, 2.75) is 25.7 Å². The molecule has 0 radical (unpaired) electrons. The predicted octanol–water partition coefficient (Wildman–Crippen LogP) is -2.82. The fourth-order valence-electron chi connectivity index (χ4n) is 2.16. The Morgan fingerprint density at radius 1 is 0.611 bits per heavy atom. The van der Waals surface area contributed by atoms with Crippen LogP contribution in [0, 0.1) is 12.1 Å². The van der Waals surface area contributed by atoms with Crippen molar-refractivity contribution < 1.29 is 37.7 Å². The Kier molecular flexibility index (Phi) is 6.35. The molecule has 2 aromatic rings. The molecule has 0 N–H and O–H groups in total. The first-order chi connectivity index (χ1) is 7.90. The minimum atomic E-state index is 0. The van der Waals surface area contributed by atoms with E-state index < -0.39 is 0 Å². The number of hydrogen-bond acceptors (Lipinski definition) is 0. The van der Waals surface area contributed by atoms with Gasteiger partial charge in [0.15, 0.2) is 0 Å². The van der Waals surface area contributed by atoms with E-state index in [9.17, 15) is 0 Å². The van der Waals surface area contributed by atoms with Gasteiger partial charge in [0.05, 0.1) is 0 Å². The van der Waals surface area contributed by atoms with Crippen molar-refractivity contribution >= 4 is 0 Å². The van der Waals surface area contributed by atoms with Crippen LogP contribution in [0.25, 0.3) is 0 Å². The van der Waals surface area contributed by atoms with E-state index in [-0.39, 0.29) is 37.7 Å². The smallest absolute Gasteiger partial charge is 0.180 e. The zero-order valence-corrected chi connectivity index (χ0v) is 11.3. The van der Waals surface area contributed by atoms with Gasteiger partial charge >= 0.3 is 37.7 Å². The summed E-state index contributed by atoms with van der Waals surface area (Å²) in [6, 6.07) is 20.0. The molecule has 0 nitrogen and oxygen atoms in total. The van der Waals surface area contributed by atoms with Gasteiger partial charge in [0.2, 0.25) is 0 Å². The molecule has 0 heterocycles. The second-order valence-corrected chi connectivity index (χ2v) is 4.44. The van der Waals surface area contributed by atoms with Crippen molar-refractivity contribution in [3.8, 4) is 0 Å². The monoisotopic (exact) mass is 220 g/mol. The molecular weight excluding hydrogens is 206 g/mol. The molecule has 4 bridgehead atoms. The molecular formula is C16H14Li2. The van der Waals surface area contributed by atoms with E-state index in [2.05, 4.69) is 48.5 Å². The van der Waals surface area contributed by atoms with Crippen LogP contribution in [0.15, 0.2) is 36.4 Å². The fraction of sp³-hybridized carbons (Fsp3) is 0.250. The minimum absolute atomic E-state index is 0. The zero-order valence-electron chi connectivity index (χ0n) is 11.3. The van der Waals surface area contributed by atoms with E-state index in [0.717, 1.165) is 25.7 Å². The van der Waals surface area contributed by atoms with Crippen LogP contribution in [0.3, 0.4) is 0 Å². The van der Waals surface area contributed by atoms with Crippen LogP contribution in [0.5, 0.6) is 0 Å². The zero-order chi connectivity index (χ0) is 10.8. The van der Waals surface area contributed by atoms with Gasteiger partial charge in [-0.25, -0.2) is 0 Å². The molecule has 0 unspecified atom stereocenters. The maximum absolute atomic E-state index is 3.38. The van der Waals surface area contributed by atoms with Crippen LogP contribution in [-0.4, -0.2) is 0 Å². The van der Waals surface area contributed by atoms with Gasteiger partial charge in [-0.1, -0.05) is 25.7 Å². The van der Waals surface area contributed by atoms with Crippen LogP contribution in [-0.2, 0) is 25.7 Å². The van der Waals surface area contributed by atoms with Crippen molar-refractivity contribution in [3.63, 3.8) is 0 Å². The summed E-state index contributed by atoms with van der Waals surface area (Å²) in [7, 11) is 0. The number of benzene rings is 2. The molecule has 80 valence electrons. The maximum atomic E-state index is 3.38. The molecule has 0 aromatic heterocycles. The van der Waals surface area contributed by atoms with Crippen LogP contribution in [0.4, 0.5) is 0 Å². The van der Waals surface area contributed by atoms with Gasteiger partial charge in [-0.15, -0.1) is 0 Å². The molecule has 0 amide bonds. The van der Waals surface area contributed by atoms with E-state index in [0.29, 0.717) is 0 Å². The van der Waals surface area contributed by atoms with Crippen LogP contribution in [0.1, 0.15) is 22.3 Å². The summed E-state index contributed by atoms with van der Waals surface area (Å²) in [5, 5.41) is 0. The SMILES string of the molecule is [Li+].[Li+].[c-]1cc2ccc1CCc1c[c-]c(cc1)CC2. The summed E-state index contributed by atoms with van der Waals surface area (Å²) in [5.41, 5.74) is 5.38. The molecule has 0 saturated heterocycles. The predicted molar refractivity (Wildman–Crippen MR) is 65.4 cm³/mol. The largest absolute Gasteiger partial charge is 1.00 e. The van der Waals surface area contributed by atoms with Crippen LogP contribution >= 0.6 is 0 Å². The first-order valence-electron chi connectivity index (χ1n) is 5.89. The first kappa shape index (κ1) is 15.7. The van der Waals surface area contributed by atoms with E-state index in [1.807, 2.05) is 0 Å². The van der Waals surface area contributed by atoms with Gasteiger partial charge < -0.3 is 0 Å².